The zero-order valence-electron chi connectivity index (χ0n) is 12.9. The van der Waals surface area contributed by atoms with Crippen LogP contribution in [0.3, 0.4) is 0 Å². The lowest BCUT2D eigenvalue weighted by atomic mass is 10.0. The fourth-order valence-electron chi connectivity index (χ4n) is 2.72. The summed E-state index contributed by atoms with van der Waals surface area (Å²) in [5.74, 6) is 0.903. The molecule has 0 bridgehead atoms. The maximum atomic E-state index is 12.4. The summed E-state index contributed by atoms with van der Waals surface area (Å²) < 4.78 is 1.62. The number of carbonyl (C=O) groups excluding carboxylic acids is 1. The van der Waals surface area contributed by atoms with Crippen molar-refractivity contribution in [2.75, 3.05) is 18.4 Å². The quantitative estimate of drug-likeness (QED) is 0.923. The van der Waals surface area contributed by atoms with Crippen LogP contribution in [-0.2, 0) is 7.05 Å². The third-order valence-corrected chi connectivity index (χ3v) is 3.98. The van der Waals surface area contributed by atoms with E-state index in [-0.39, 0.29) is 5.91 Å². The summed E-state index contributed by atoms with van der Waals surface area (Å²) in [6, 6.07) is 4.04. The molecule has 7 nitrogen and oxygen atoms in total. The van der Waals surface area contributed by atoms with E-state index < -0.39 is 0 Å². The van der Waals surface area contributed by atoms with Crippen LogP contribution in [0.15, 0.2) is 24.7 Å². The summed E-state index contributed by atoms with van der Waals surface area (Å²) in [4.78, 5) is 22.6. The number of rotatable bonds is 3. The zero-order valence-corrected chi connectivity index (χ0v) is 12.9. The summed E-state index contributed by atoms with van der Waals surface area (Å²) in [5.41, 5.74) is 1.58. The molecule has 2 aromatic heterocycles. The first kappa shape index (κ1) is 14.5. The van der Waals surface area contributed by atoms with E-state index in [1.54, 1.807) is 30.3 Å². The Morgan fingerprint density at radius 2 is 2.09 bits per heavy atom. The highest BCUT2D eigenvalue weighted by Crippen LogP contribution is 2.17. The molecule has 0 saturated carbocycles. The highest BCUT2D eigenvalue weighted by molar-refractivity contribution is 5.92. The molecule has 1 amide bonds. The summed E-state index contributed by atoms with van der Waals surface area (Å²) in [6.07, 6.45) is 5.04. The number of aryl methyl sites for hydroxylation is 2. The predicted octanol–water partition coefficient (Wildman–Crippen LogP) is 1.24. The van der Waals surface area contributed by atoms with Crippen molar-refractivity contribution in [3.63, 3.8) is 0 Å². The Morgan fingerprint density at radius 3 is 2.73 bits per heavy atom. The van der Waals surface area contributed by atoms with Gasteiger partial charge in [0.2, 0.25) is 0 Å². The van der Waals surface area contributed by atoms with Crippen molar-refractivity contribution in [3.8, 4) is 0 Å². The Hall–Kier alpha value is -2.44. The lowest BCUT2D eigenvalue weighted by Gasteiger charge is -2.32. The second-order valence-electron chi connectivity index (χ2n) is 5.60. The van der Waals surface area contributed by atoms with Crippen molar-refractivity contribution in [2.24, 2.45) is 7.05 Å². The van der Waals surface area contributed by atoms with E-state index in [1.165, 1.54) is 0 Å². The third-order valence-electron chi connectivity index (χ3n) is 3.98. The van der Waals surface area contributed by atoms with Crippen LogP contribution < -0.4 is 5.32 Å². The largest absolute Gasteiger partial charge is 0.367 e. The van der Waals surface area contributed by atoms with Crippen molar-refractivity contribution in [2.45, 2.75) is 25.8 Å². The molecular weight excluding hydrogens is 280 g/mol. The van der Waals surface area contributed by atoms with E-state index >= 15 is 0 Å². The Labute approximate surface area is 129 Å². The smallest absolute Gasteiger partial charge is 0.272 e. The molecule has 1 aliphatic rings. The monoisotopic (exact) mass is 300 g/mol. The van der Waals surface area contributed by atoms with E-state index in [0.717, 1.165) is 37.4 Å². The first-order chi connectivity index (χ1) is 10.6. The van der Waals surface area contributed by atoms with Crippen LogP contribution >= 0.6 is 0 Å². The van der Waals surface area contributed by atoms with Gasteiger partial charge in [0, 0.05) is 44.1 Å². The third kappa shape index (κ3) is 3.08. The standard InChI is InChI=1S/C15H20N6O/c1-11-9-14(17-10-16-11)19-12-4-7-21(8-5-12)15(22)13-3-6-18-20(13)2/h3,6,9-10,12H,4-5,7-8H2,1-2H3,(H,16,17,19). The molecule has 2 aromatic rings. The number of carbonyl (C=O) groups is 1. The van der Waals surface area contributed by atoms with Crippen molar-refractivity contribution in [3.05, 3.63) is 36.0 Å². The van der Waals surface area contributed by atoms with Gasteiger partial charge in [0.25, 0.3) is 5.91 Å². The number of amides is 1. The molecule has 0 aliphatic carbocycles. The molecule has 3 heterocycles. The number of aromatic nitrogens is 4. The number of nitrogens with zero attached hydrogens (tertiary/aromatic N) is 5. The fraction of sp³-hybridized carbons (Fsp3) is 0.467. The Balaban J connectivity index is 1.56. The molecular formula is C15H20N6O. The van der Waals surface area contributed by atoms with Gasteiger partial charge < -0.3 is 10.2 Å². The maximum absolute atomic E-state index is 12.4. The van der Waals surface area contributed by atoms with Crippen LogP contribution in [0.5, 0.6) is 0 Å². The Kier molecular flexibility index (Phi) is 4.04. The van der Waals surface area contributed by atoms with Crippen LogP contribution in [0.2, 0.25) is 0 Å². The number of hydrogen-bond acceptors (Lipinski definition) is 5. The van der Waals surface area contributed by atoms with Gasteiger partial charge in [-0.05, 0) is 25.8 Å². The summed E-state index contributed by atoms with van der Waals surface area (Å²) in [7, 11) is 1.79. The number of piperidine rings is 1. The predicted molar refractivity (Wildman–Crippen MR) is 82.5 cm³/mol. The Morgan fingerprint density at radius 1 is 1.32 bits per heavy atom. The molecule has 0 spiro atoms. The number of nitrogens with one attached hydrogen (secondary N) is 1. The van der Waals surface area contributed by atoms with Gasteiger partial charge in [0.1, 0.15) is 17.8 Å². The molecule has 1 saturated heterocycles. The van der Waals surface area contributed by atoms with Crippen molar-refractivity contribution < 1.29 is 4.79 Å². The summed E-state index contributed by atoms with van der Waals surface area (Å²) >= 11 is 0. The number of hydrogen-bond donors (Lipinski definition) is 1. The van der Waals surface area contributed by atoms with Gasteiger partial charge in [-0.1, -0.05) is 0 Å². The molecule has 22 heavy (non-hydrogen) atoms. The van der Waals surface area contributed by atoms with Crippen LogP contribution in [0.1, 0.15) is 29.0 Å². The molecule has 0 aromatic carbocycles. The molecule has 0 unspecified atom stereocenters. The average Bonchev–Trinajstić information content (AvgIpc) is 2.93. The minimum absolute atomic E-state index is 0.0522. The van der Waals surface area contributed by atoms with Crippen molar-refractivity contribution in [1.29, 1.82) is 0 Å². The van der Waals surface area contributed by atoms with E-state index in [9.17, 15) is 4.79 Å². The van der Waals surface area contributed by atoms with E-state index in [1.807, 2.05) is 17.9 Å². The molecule has 3 rings (SSSR count). The number of anilines is 1. The van der Waals surface area contributed by atoms with E-state index in [2.05, 4.69) is 20.4 Å². The maximum Gasteiger partial charge on any atom is 0.272 e. The first-order valence-corrected chi connectivity index (χ1v) is 7.46. The molecule has 0 radical (unpaired) electrons. The Bertz CT molecular complexity index is 660. The van der Waals surface area contributed by atoms with E-state index in [4.69, 9.17) is 0 Å². The summed E-state index contributed by atoms with van der Waals surface area (Å²) in [6.45, 7) is 3.43. The van der Waals surface area contributed by atoms with E-state index in [0.29, 0.717) is 11.7 Å². The second-order valence-corrected chi connectivity index (χ2v) is 5.60. The highest BCUT2D eigenvalue weighted by atomic mass is 16.2. The minimum atomic E-state index is 0.0522. The van der Waals surface area contributed by atoms with Crippen LogP contribution in [-0.4, -0.2) is 49.7 Å². The minimum Gasteiger partial charge on any atom is -0.367 e. The molecule has 116 valence electrons. The van der Waals surface area contributed by atoms with Crippen LogP contribution in [0, 0.1) is 6.92 Å². The van der Waals surface area contributed by atoms with Crippen LogP contribution in [0.4, 0.5) is 5.82 Å². The molecule has 0 atom stereocenters. The normalized spacial score (nSPS) is 15.8. The van der Waals surface area contributed by atoms with Gasteiger partial charge in [-0.2, -0.15) is 5.10 Å². The molecule has 7 heteroatoms. The van der Waals surface area contributed by atoms with Gasteiger partial charge in [0.05, 0.1) is 0 Å². The van der Waals surface area contributed by atoms with Gasteiger partial charge in [-0.25, -0.2) is 9.97 Å². The van der Waals surface area contributed by atoms with Gasteiger partial charge in [0.15, 0.2) is 0 Å². The second kappa shape index (κ2) is 6.13. The lowest BCUT2D eigenvalue weighted by Crippen LogP contribution is -2.43. The number of likely N-dealkylation sites (tertiary alicyclic amines) is 1. The molecule has 1 fully saturated rings. The van der Waals surface area contributed by atoms with Crippen molar-refractivity contribution >= 4 is 11.7 Å². The molecule has 1 aliphatic heterocycles. The average molecular weight is 300 g/mol. The SMILES string of the molecule is Cc1cc(NC2CCN(C(=O)c3ccnn3C)CC2)ncn1. The van der Waals surface area contributed by atoms with Gasteiger partial charge >= 0.3 is 0 Å². The van der Waals surface area contributed by atoms with Crippen LogP contribution in [0.25, 0.3) is 0 Å². The fourth-order valence-corrected chi connectivity index (χ4v) is 2.72. The lowest BCUT2D eigenvalue weighted by molar-refractivity contribution is 0.0707. The summed E-state index contributed by atoms with van der Waals surface area (Å²) in [5, 5.41) is 7.47. The zero-order chi connectivity index (χ0) is 15.5. The van der Waals surface area contributed by atoms with Crippen molar-refractivity contribution in [1.82, 2.24) is 24.6 Å². The highest BCUT2D eigenvalue weighted by Gasteiger charge is 2.25. The first-order valence-electron chi connectivity index (χ1n) is 7.46. The molecule has 1 N–H and O–H groups in total. The topological polar surface area (TPSA) is 75.9 Å². The van der Waals surface area contributed by atoms with Gasteiger partial charge in [-0.3, -0.25) is 9.48 Å². The van der Waals surface area contributed by atoms with Gasteiger partial charge in [-0.15, -0.1) is 0 Å².